The zero-order valence-electron chi connectivity index (χ0n) is 8.73. The predicted octanol–water partition coefficient (Wildman–Crippen LogP) is 0.673. The van der Waals surface area contributed by atoms with Crippen molar-refractivity contribution < 1.29 is 9.90 Å². The molecule has 0 bridgehead atoms. The van der Waals surface area contributed by atoms with Crippen LogP contribution in [0.25, 0.3) is 5.65 Å². The largest absolute Gasteiger partial charge is 0.477 e. The number of hydrogen-bond donors (Lipinski definition) is 2. The second-order valence-electron chi connectivity index (χ2n) is 3.50. The second kappa shape index (κ2) is 3.80. The van der Waals surface area contributed by atoms with Gasteiger partial charge in [0.25, 0.3) is 5.56 Å². The molecule has 0 fully saturated rings. The normalized spacial score (nSPS) is 10.8. The Balaban J connectivity index is 2.75. The van der Waals surface area contributed by atoms with Crippen molar-refractivity contribution in [2.75, 3.05) is 0 Å². The molecule has 0 atom stereocenters. The Labute approximate surface area is 90.5 Å². The highest BCUT2D eigenvalue weighted by molar-refractivity contribution is 5.94. The van der Waals surface area contributed by atoms with Crippen molar-refractivity contribution in [3.8, 4) is 0 Å². The van der Waals surface area contributed by atoms with Crippen LogP contribution in [-0.4, -0.2) is 25.7 Å². The molecule has 2 aromatic rings. The number of aromatic nitrogens is 3. The molecule has 2 aromatic heterocycles. The summed E-state index contributed by atoms with van der Waals surface area (Å²) in [7, 11) is 0. The van der Waals surface area contributed by atoms with Gasteiger partial charge in [0.05, 0.1) is 6.20 Å². The predicted molar refractivity (Wildman–Crippen MR) is 56.8 cm³/mol. The van der Waals surface area contributed by atoms with Gasteiger partial charge in [0, 0.05) is 11.8 Å². The zero-order valence-corrected chi connectivity index (χ0v) is 8.73. The van der Waals surface area contributed by atoms with Crippen LogP contribution in [0, 0.1) is 0 Å². The van der Waals surface area contributed by atoms with E-state index >= 15 is 0 Å². The van der Waals surface area contributed by atoms with E-state index in [1.54, 1.807) is 0 Å². The third kappa shape index (κ3) is 1.58. The van der Waals surface area contributed by atoms with Gasteiger partial charge in [-0.25, -0.2) is 9.31 Å². The Morgan fingerprint density at radius 2 is 2.38 bits per heavy atom. The number of nitrogens with zero attached hydrogens (tertiary/aromatic N) is 2. The van der Waals surface area contributed by atoms with Crippen LogP contribution in [0.5, 0.6) is 0 Å². The number of carboxylic acids is 1. The minimum Gasteiger partial charge on any atom is -0.477 e. The van der Waals surface area contributed by atoms with Crippen molar-refractivity contribution in [2.45, 2.75) is 19.8 Å². The molecule has 2 heterocycles. The first kappa shape index (κ1) is 10.4. The van der Waals surface area contributed by atoms with Gasteiger partial charge in [-0.1, -0.05) is 13.3 Å². The molecule has 0 spiro atoms. The van der Waals surface area contributed by atoms with Crippen molar-refractivity contribution in [3.63, 3.8) is 0 Å². The molecule has 0 aliphatic heterocycles. The summed E-state index contributed by atoms with van der Waals surface area (Å²) in [6.07, 6.45) is 2.79. The van der Waals surface area contributed by atoms with Crippen LogP contribution in [0.4, 0.5) is 0 Å². The number of aromatic carboxylic acids is 1. The van der Waals surface area contributed by atoms with Gasteiger partial charge in [0.15, 0.2) is 5.65 Å². The van der Waals surface area contributed by atoms with Crippen LogP contribution in [0.1, 0.15) is 29.4 Å². The number of hydrogen-bond acceptors (Lipinski definition) is 3. The van der Waals surface area contributed by atoms with Crippen LogP contribution in [-0.2, 0) is 6.42 Å². The maximum Gasteiger partial charge on any atom is 0.341 e. The van der Waals surface area contributed by atoms with Crippen molar-refractivity contribution >= 4 is 11.6 Å². The van der Waals surface area contributed by atoms with Crippen LogP contribution in [0.15, 0.2) is 17.1 Å². The van der Waals surface area contributed by atoms with Crippen molar-refractivity contribution in [1.29, 1.82) is 0 Å². The van der Waals surface area contributed by atoms with Crippen molar-refractivity contribution in [1.82, 2.24) is 14.6 Å². The third-order valence-corrected chi connectivity index (χ3v) is 2.32. The molecule has 16 heavy (non-hydrogen) atoms. The van der Waals surface area contributed by atoms with Gasteiger partial charge in [0.1, 0.15) is 5.56 Å². The van der Waals surface area contributed by atoms with E-state index in [4.69, 9.17) is 5.11 Å². The van der Waals surface area contributed by atoms with Crippen LogP contribution in [0.3, 0.4) is 0 Å². The van der Waals surface area contributed by atoms with E-state index in [-0.39, 0.29) is 16.8 Å². The Hall–Kier alpha value is -2.11. The molecule has 2 rings (SSSR count). The first-order chi connectivity index (χ1) is 7.63. The summed E-state index contributed by atoms with van der Waals surface area (Å²) < 4.78 is 1.47. The Morgan fingerprint density at radius 1 is 1.62 bits per heavy atom. The number of fused-ring (bicyclic) bond motifs is 1. The van der Waals surface area contributed by atoms with E-state index in [0.29, 0.717) is 12.1 Å². The van der Waals surface area contributed by atoms with Crippen LogP contribution >= 0.6 is 0 Å². The number of aromatic amines is 1. The van der Waals surface area contributed by atoms with Gasteiger partial charge in [-0.2, -0.15) is 5.10 Å². The number of carbonyl (C=O) groups is 1. The number of H-pyrrole nitrogens is 1. The first-order valence-electron chi connectivity index (χ1n) is 4.96. The number of nitrogens with one attached hydrogen (secondary N) is 1. The smallest absolute Gasteiger partial charge is 0.341 e. The van der Waals surface area contributed by atoms with E-state index in [9.17, 15) is 9.59 Å². The number of rotatable bonds is 3. The third-order valence-electron chi connectivity index (χ3n) is 2.32. The van der Waals surface area contributed by atoms with Gasteiger partial charge < -0.3 is 10.1 Å². The molecule has 6 nitrogen and oxygen atoms in total. The standard InChI is InChI=1S/C10H11N3O3/c1-2-3-6-4-8(14)12-9-7(10(15)16)5-11-13(6)9/h4-5H,2-3H2,1H3,(H,12,14)(H,15,16). The van der Waals surface area contributed by atoms with E-state index in [0.717, 1.165) is 6.42 Å². The molecular weight excluding hydrogens is 210 g/mol. The maximum atomic E-state index is 11.4. The molecule has 0 aromatic carbocycles. The number of aryl methyl sites for hydroxylation is 1. The van der Waals surface area contributed by atoms with Gasteiger partial charge >= 0.3 is 5.97 Å². The highest BCUT2D eigenvalue weighted by atomic mass is 16.4. The molecular formula is C10H11N3O3. The van der Waals surface area contributed by atoms with Crippen molar-refractivity contribution in [3.05, 3.63) is 33.9 Å². The minimum absolute atomic E-state index is 0.00931. The fourth-order valence-electron chi connectivity index (χ4n) is 1.64. The summed E-state index contributed by atoms with van der Waals surface area (Å²) >= 11 is 0. The molecule has 0 amide bonds. The maximum absolute atomic E-state index is 11.4. The topological polar surface area (TPSA) is 87.5 Å². The molecule has 2 N–H and O–H groups in total. The lowest BCUT2D eigenvalue weighted by Crippen LogP contribution is -2.13. The molecule has 0 aliphatic rings. The summed E-state index contributed by atoms with van der Waals surface area (Å²) in [6.45, 7) is 1.98. The van der Waals surface area contributed by atoms with Gasteiger partial charge in [-0.15, -0.1) is 0 Å². The highest BCUT2D eigenvalue weighted by Gasteiger charge is 2.14. The van der Waals surface area contributed by atoms with E-state index in [2.05, 4.69) is 10.1 Å². The summed E-state index contributed by atoms with van der Waals surface area (Å²) in [4.78, 5) is 24.7. The van der Waals surface area contributed by atoms with Crippen molar-refractivity contribution in [2.24, 2.45) is 0 Å². The molecule has 0 aliphatic carbocycles. The van der Waals surface area contributed by atoms with E-state index < -0.39 is 5.97 Å². The van der Waals surface area contributed by atoms with Crippen LogP contribution < -0.4 is 5.56 Å². The van der Waals surface area contributed by atoms with E-state index in [1.165, 1.54) is 16.8 Å². The zero-order chi connectivity index (χ0) is 11.7. The Kier molecular flexibility index (Phi) is 2.47. The quantitative estimate of drug-likeness (QED) is 0.797. The summed E-state index contributed by atoms with van der Waals surface area (Å²) in [5.74, 6) is -1.10. The average Bonchev–Trinajstić information content (AvgIpc) is 2.61. The molecule has 0 saturated carbocycles. The Morgan fingerprint density at radius 3 is 3.00 bits per heavy atom. The van der Waals surface area contributed by atoms with Gasteiger partial charge in [0.2, 0.25) is 0 Å². The Bertz CT molecular complexity index is 597. The monoisotopic (exact) mass is 221 g/mol. The first-order valence-corrected chi connectivity index (χ1v) is 4.96. The molecule has 84 valence electrons. The molecule has 6 heteroatoms. The number of carboxylic acid groups (broad SMARTS) is 1. The van der Waals surface area contributed by atoms with Crippen LogP contribution in [0.2, 0.25) is 0 Å². The molecule has 0 saturated heterocycles. The average molecular weight is 221 g/mol. The molecule has 0 unspecified atom stereocenters. The lowest BCUT2D eigenvalue weighted by molar-refractivity contribution is 0.0699. The summed E-state index contributed by atoms with van der Waals surface area (Å²) in [5, 5.41) is 12.9. The lowest BCUT2D eigenvalue weighted by Gasteiger charge is -2.02. The highest BCUT2D eigenvalue weighted by Crippen LogP contribution is 2.09. The van der Waals surface area contributed by atoms with Gasteiger partial charge in [-0.05, 0) is 6.42 Å². The lowest BCUT2D eigenvalue weighted by atomic mass is 10.2. The fourth-order valence-corrected chi connectivity index (χ4v) is 1.64. The summed E-state index contributed by atoms with van der Waals surface area (Å²) in [5.41, 5.74) is 0.659. The summed E-state index contributed by atoms with van der Waals surface area (Å²) in [6, 6.07) is 1.44. The fraction of sp³-hybridized carbons (Fsp3) is 0.300. The molecule has 0 radical (unpaired) electrons. The van der Waals surface area contributed by atoms with Gasteiger partial charge in [-0.3, -0.25) is 4.79 Å². The second-order valence-corrected chi connectivity index (χ2v) is 3.50. The SMILES string of the molecule is CCCc1cc(=O)[nH]c2c(C(=O)O)cnn12. The van der Waals surface area contributed by atoms with E-state index in [1.807, 2.05) is 6.92 Å². The minimum atomic E-state index is -1.10.